The molecule has 2 aromatic heterocycles. The average Bonchev–Trinajstić information content (AvgIpc) is 2.60. The molecule has 0 aliphatic carbocycles. The fourth-order valence-corrected chi connectivity index (χ4v) is 2.68. The quantitative estimate of drug-likeness (QED) is 0.697. The Morgan fingerprint density at radius 1 is 1.22 bits per heavy atom. The summed E-state index contributed by atoms with van der Waals surface area (Å²) < 4.78 is 15.7. The summed E-state index contributed by atoms with van der Waals surface area (Å²) in [4.78, 5) is 27.2. The number of halogens is 2. The van der Waals surface area contributed by atoms with Gasteiger partial charge in [0.15, 0.2) is 0 Å². The van der Waals surface area contributed by atoms with E-state index in [9.17, 15) is 14.0 Å². The summed E-state index contributed by atoms with van der Waals surface area (Å²) >= 11 is 5.88. The number of amides is 1. The molecule has 0 aliphatic rings. The van der Waals surface area contributed by atoms with Crippen molar-refractivity contribution in [3.8, 4) is 11.3 Å². The van der Waals surface area contributed by atoms with E-state index in [-0.39, 0.29) is 35.1 Å². The van der Waals surface area contributed by atoms with Gasteiger partial charge < -0.3 is 5.32 Å². The zero-order valence-corrected chi connectivity index (χ0v) is 15.4. The lowest BCUT2D eigenvalue weighted by molar-refractivity contribution is -0.114. The van der Waals surface area contributed by atoms with Crippen LogP contribution in [0, 0.1) is 12.9 Å². The summed E-state index contributed by atoms with van der Waals surface area (Å²) in [6.07, 6.45) is 0. The number of hydrogen-bond acceptors (Lipinski definition) is 4. The highest BCUT2D eigenvalue weighted by atomic mass is 35.5. The Morgan fingerprint density at radius 3 is 2.56 bits per heavy atom. The summed E-state index contributed by atoms with van der Waals surface area (Å²) in [6, 6.07) is 11.5. The van der Waals surface area contributed by atoms with E-state index in [4.69, 9.17) is 11.6 Å². The van der Waals surface area contributed by atoms with Gasteiger partial charge in [-0.25, -0.2) is 9.67 Å². The van der Waals surface area contributed by atoms with Crippen molar-refractivity contribution in [2.24, 2.45) is 0 Å². The van der Waals surface area contributed by atoms with Gasteiger partial charge in [-0.05, 0) is 42.8 Å². The fraction of sp³-hybridized carbons (Fsp3) is 0.158. The molecule has 0 fully saturated rings. The van der Waals surface area contributed by atoms with Crippen LogP contribution in [0.5, 0.6) is 0 Å². The van der Waals surface area contributed by atoms with Gasteiger partial charge in [0, 0.05) is 17.5 Å². The first-order chi connectivity index (χ1) is 12.8. The first-order valence-corrected chi connectivity index (χ1v) is 8.49. The van der Waals surface area contributed by atoms with Crippen LogP contribution in [0.25, 0.3) is 11.3 Å². The van der Waals surface area contributed by atoms with Crippen molar-refractivity contribution < 1.29 is 9.18 Å². The maximum atomic E-state index is 14.4. The SMILES string of the molecule is CC(=O)Nc1ccc(-c2cc(C)c(=O)n(Cc3ccc(Cl)cc3)n2)c(F)n1. The predicted molar refractivity (Wildman–Crippen MR) is 101 cm³/mol. The summed E-state index contributed by atoms with van der Waals surface area (Å²) in [6.45, 7) is 3.18. The molecule has 3 aromatic rings. The molecule has 0 spiro atoms. The standard InChI is InChI=1S/C19H16ClFN4O2/c1-11-9-16(15-7-8-17(22-12(2)26)23-18(15)21)24-25(19(11)27)10-13-3-5-14(20)6-4-13/h3-9H,10H2,1-2H3,(H,22,23,26). The van der Waals surface area contributed by atoms with Gasteiger partial charge in [-0.15, -0.1) is 0 Å². The van der Waals surface area contributed by atoms with E-state index in [1.807, 2.05) is 0 Å². The van der Waals surface area contributed by atoms with Crippen molar-refractivity contribution in [1.82, 2.24) is 14.8 Å². The van der Waals surface area contributed by atoms with E-state index in [1.165, 1.54) is 29.8 Å². The number of carbonyl (C=O) groups excluding carboxylic acids is 1. The fourth-order valence-electron chi connectivity index (χ4n) is 2.55. The molecule has 0 aliphatic heterocycles. The molecule has 27 heavy (non-hydrogen) atoms. The zero-order chi connectivity index (χ0) is 19.6. The Balaban J connectivity index is 1.99. The van der Waals surface area contributed by atoms with Crippen LogP contribution in [-0.4, -0.2) is 20.7 Å². The number of pyridine rings is 1. The number of nitrogens with zero attached hydrogens (tertiary/aromatic N) is 3. The van der Waals surface area contributed by atoms with Crippen molar-refractivity contribution >= 4 is 23.3 Å². The van der Waals surface area contributed by atoms with Gasteiger partial charge in [0.1, 0.15) is 5.82 Å². The molecule has 1 amide bonds. The van der Waals surface area contributed by atoms with Crippen LogP contribution >= 0.6 is 11.6 Å². The maximum absolute atomic E-state index is 14.4. The van der Waals surface area contributed by atoms with Gasteiger partial charge in [0.25, 0.3) is 5.56 Å². The normalized spacial score (nSPS) is 10.7. The molecule has 2 heterocycles. The summed E-state index contributed by atoms with van der Waals surface area (Å²) in [5.74, 6) is -1.03. The lowest BCUT2D eigenvalue weighted by Gasteiger charge is -2.10. The molecule has 3 rings (SSSR count). The predicted octanol–water partition coefficient (Wildman–Crippen LogP) is 3.41. The van der Waals surface area contributed by atoms with Crippen molar-refractivity contribution in [3.05, 3.63) is 74.9 Å². The molecule has 0 saturated carbocycles. The Morgan fingerprint density at radius 2 is 1.93 bits per heavy atom. The molecule has 8 heteroatoms. The number of hydrogen-bond donors (Lipinski definition) is 1. The van der Waals surface area contributed by atoms with Crippen LogP contribution in [0.1, 0.15) is 18.1 Å². The third-order valence-electron chi connectivity index (χ3n) is 3.83. The maximum Gasteiger partial charge on any atom is 0.270 e. The van der Waals surface area contributed by atoms with Crippen molar-refractivity contribution in [2.45, 2.75) is 20.4 Å². The van der Waals surface area contributed by atoms with Crippen molar-refractivity contribution in [3.63, 3.8) is 0 Å². The van der Waals surface area contributed by atoms with E-state index in [0.717, 1.165) is 5.56 Å². The number of nitrogens with one attached hydrogen (secondary N) is 1. The van der Waals surface area contributed by atoms with Crippen LogP contribution in [0.3, 0.4) is 0 Å². The van der Waals surface area contributed by atoms with Gasteiger partial charge in [0.05, 0.1) is 17.8 Å². The number of aromatic nitrogens is 3. The van der Waals surface area contributed by atoms with Gasteiger partial charge >= 0.3 is 0 Å². The number of aryl methyl sites for hydroxylation is 1. The highest BCUT2D eigenvalue weighted by molar-refractivity contribution is 6.30. The first kappa shape index (κ1) is 18.7. The second-order valence-electron chi connectivity index (χ2n) is 6.02. The van der Waals surface area contributed by atoms with E-state index >= 15 is 0 Å². The lowest BCUT2D eigenvalue weighted by atomic mass is 10.1. The minimum absolute atomic E-state index is 0.106. The highest BCUT2D eigenvalue weighted by Crippen LogP contribution is 2.21. The monoisotopic (exact) mass is 386 g/mol. The smallest absolute Gasteiger partial charge is 0.270 e. The van der Waals surface area contributed by atoms with Gasteiger partial charge in [-0.1, -0.05) is 23.7 Å². The van der Waals surface area contributed by atoms with Crippen molar-refractivity contribution in [1.29, 1.82) is 0 Å². The molecule has 138 valence electrons. The molecular formula is C19H16ClFN4O2. The Kier molecular flexibility index (Phi) is 5.32. The molecule has 0 radical (unpaired) electrons. The minimum Gasteiger partial charge on any atom is -0.311 e. The molecule has 6 nitrogen and oxygen atoms in total. The Hall–Kier alpha value is -3.06. The summed E-state index contributed by atoms with van der Waals surface area (Å²) in [5.41, 5.74) is 1.42. The minimum atomic E-state index is -0.787. The first-order valence-electron chi connectivity index (χ1n) is 8.11. The van der Waals surface area contributed by atoms with E-state index < -0.39 is 5.95 Å². The Labute approximate surface area is 159 Å². The molecule has 1 N–H and O–H groups in total. The van der Waals surface area contributed by atoms with Crippen LogP contribution < -0.4 is 10.9 Å². The van der Waals surface area contributed by atoms with E-state index in [1.54, 1.807) is 31.2 Å². The molecular weight excluding hydrogens is 371 g/mol. The second-order valence-corrected chi connectivity index (χ2v) is 6.45. The van der Waals surface area contributed by atoms with Crippen molar-refractivity contribution in [2.75, 3.05) is 5.32 Å². The second kappa shape index (κ2) is 7.67. The number of anilines is 1. The zero-order valence-electron chi connectivity index (χ0n) is 14.7. The van der Waals surface area contributed by atoms with Gasteiger partial charge in [-0.3, -0.25) is 9.59 Å². The molecule has 0 bridgehead atoms. The third-order valence-corrected chi connectivity index (χ3v) is 4.08. The Bertz CT molecular complexity index is 1060. The van der Waals surface area contributed by atoms with E-state index in [0.29, 0.717) is 10.6 Å². The van der Waals surface area contributed by atoms with Gasteiger partial charge in [-0.2, -0.15) is 9.49 Å². The highest BCUT2D eigenvalue weighted by Gasteiger charge is 2.13. The summed E-state index contributed by atoms with van der Waals surface area (Å²) in [7, 11) is 0. The molecule has 0 saturated heterocycles. The molecule has 1 aromatic carbocycles. The summed E-state index contributed by atoms with van der Waals surface area (Å²) in [5, 5.41) is 7.29. The van der Waals surface area contributed by atoms with Crippen LogP contribution in [0.4, 0.5) is 10.2 Å². The topological polar surface area (TPSA) is 76.9 Å². The van der Waals surface area contributed by atoms with Crippen LogP contribution in [-0.2, 0) is 11.3 Å². The van der Waals surface area contributed by atoms with Gasteiger partial charge in [0.2, 0.25) is 11.9 Å². The largest absolute Gasteiger partial charge is 0.311 e. The molecule has 0 atom stereocenters. The molecule has 0 unspecified atom stereocenters. The number of benzene rings is 1. The van der Waals surface area contributed by atoms with E-state index in [2.05, 4.69) is 15.4 Å². The lowest BCUT2D eigenvalue weighted by Crippen LogP contribution is -2.26. The number of rotatable bonds is 4. The van der Waals surface area contributed by atoms with Crippen LogP contribution in [0.2, 0.25) is 5.02 Å². The third kappa shape index (κ3) is 4.38. The number of carbonyl (C=O) groups is 1. The van der Waals surface area contributed by atoms with Crippen LogP contribution in [0.15, 0.2) is 47.3 Å². The average molecular weight is 387 g/mol.